The van der Waals surface area contributed by atoms with E-state index in [9.17, 15) is 0 Å². The highest BCUT2D eigenvalue weighted by Crippen LogP contribution is 2.33. The molecule has 10 heteroatoms. The molecule has 2 aromatic heterocycles. The number of hydrogen-bond donors (Lipinski definition) is 2. The van der Waals surface area contributed by atoms with Crippen molar-refractivity contribution in [3.63, 3.8) is 0 Å². The fourth-order valence-electron chi connectivity index (χ4n) is 4.41. The molecule has 1 saturated heterocycles. The molecule has 0 saturated carbocycles. The van der Waals surface area contributed by atoms with Crippen LogP contribution in [0.5, 0.6) is 23.1 Å². The maximum atomic E-state index is 6.01. The van der Waals surface area contributed by atoms with Crippen LogP contribution in [-0.4, -0.2) is 65.9 Å². The van der Waals surface area contributed by atoms with E-state index in [0.29, 0.717) is 42.4 Å². The van der Waals surface area contributed by atoms with E-state index in [2.05, 4.69) is 30.5 Å². The number of nitrogens with one attached hydrogen (secondary N) is 2. The molecule has 3 aromatic rings. The van der Waals surface area contributed by atoms with Crippen LogP contribution >= 0.6 is 0 Å². The van der Waals surface area contributed by atoms with Crippen LogP contribution < -0.4 is 29.6 Å². The van der Waals surface area contributed by atoms with Gasteiger partial charge in [-0.2, -0.15) is 4.98 Å². The van der Waals surface area contributed by atoms with Gasteiger partial charge in [0.2, 0.25) is 5.95 Å². The van der Waals surface area contributed by atoms with Crippen LogP contribution in [0.2, 0.25) is 0 Å². The Hall–Kier alpha value is -3.79. The average Bonchev–Trinajstić information content (AvgIpc) is 2.92. The van der Waals surface area contributed by atoms with E-state index >= 15 is 0 Å². The van der Waals surface area contributed by atoms with E-state index < -0.39 is 0 Å². The zero-order valence-corrected chi connectivity index (χ0v) is 21.4. The standard InChI is InChI=1S/C27H34N6O4/c1-19-18-36-24-16-21(17-29-26(24)37-19)30-25-9-10-28-27(32-25)31-20-7-8-22(23(15-20)34-2)35-14-6-13-33-11-4-3-5-12-33/h7-10,15-17,19H,3-6,11-14,18H2,1-2H3,(H2,28,30,31,32). The van der Waals surface area contributed by atoms with Crippen LogP contribution in [0.15, 0.2) is 42.7 Å². The van der Waals surface area contributed by atoms with Crippen molar-refractivity contribution < 1.29 is 18.9 Å². The SMILES string of the molecule is COc1cc(Nc2nccc(Nc3cnc4c(c3)OCC(C)O4)n2)ccc1OCCCN1CCCCC1. The van der Waals surface area contributed by atoms with Gasteiger partial charge in [-0.3, -0.25) is 0 Å². The smallest absolute Gasteiger partial charge is 0.257 e. The summed E-state index contributed by atoms with van der Waals surface area (Å²) in [6.07, 6.45) is 8.31. The molecule has 10 nitrogen and oxygen atoms in total. The van der Waals surface area contributed by atoms with Crippen LogP contribution in [0.1, 0.15) is 32.6 Å². The number of fused-ring (bicyclic) bond motifs is 1. The molecule has 1 unspecified atom stereocenters. The van der Waals surface area contributed by atoms with Crippen molar-refractivity contribution in [2.75, 3.05) is 50.6 Å². The first kappa shape index (κ1) is 24.9. The van der Waals surface area contributed by atoms with E-state index in [1.54, 1.807) is 25.6 Å². The third-order valence-electron chi connectivity index (χ3n) is 6.28. The van der Waals surface area contributed by atoms with Crippen molar-refractivity contribution in [1.82, 2.24) is 19.9 Å². The Bertz CT molecular complexity index is 1190. The quantitative estimate of drug-likeness (QED) is 0.373. The van der Waals surface area contributed by atoms with Crippen molar-refractivity contribution in [3.8, 4) is 23.1 Å². The Morgan fingerprint density at radius 1 is 1.03 bits per heavy atom. The average molecular weight is 507 g/mol. The second-order valence-electron chi connectivity index (χ2n) is 9.25. The van der Waals surface area contributed by atoms with E-state index in [1.165, 1.54) is 32.4 Å². The molecule has 0 radical (unpaired) electrons. The van der Waals surface area contributed by atoms with Crippen molar-refractivity contribution >= 4 is 23.1 Å². The number of anilines is 4. The number of nitrogens with zero attached hydrogens (tertiary/aromatic N) is 4. The molecular formula is C27H34N6O4. The predicted octanol–water partition coefficient (Wildman–Crippen LogP) is 4.78. The van der Waals surface area contributed by atoms with Crippen molar-refractivity contribution in [3.05, 3.63) is 42.7 Å². The fourth-order valence-corrected chi connectivity index (χ4v) is 4.41. The highest BCUT2D eigenvalue weighted by atomic mass is 16.6. The predicted molar refractivity (Wildman–Crippen MR) is 142 cm³/mol. The monoisotopic (exact) mass is 506 g/mol. The van der Waals surface area contributed by atoms with E-state index in [1.807, 2.05) is 31.2 Å². The first-order valence-electron chi connectivity index (χ1n) is 12.9. The first-order chi connectivity index (χ1) is 18.2. The molecule has 0 aliphatic carbocycles. The normalized spacial score (nSPS) is 17.2. The van der Waals surface area contributed by atoms with E-state index in [0.717, 1.165) is 30.1 Å². The lowest BCUT2D eigenvalue weighted by Gasteiger charge is -2.26. The molecule has 1 fully saturated rings. The molecule has 2 aliphatic rings. The topological polar surface area (TPSA) is 103 Å². The van der Waals surface area contributed by atoms with Crippen molar-refractivity contribution in [2.24, 2.45) is 0 Å². The minimum Gasteiger partial charge on any atom is -0.493 e. The van der Waals surface area contributed by atoms with E-state index in [4.69, 9.17) is 18.9 Å². The summed E-state index contributed by atoms with van der Waals surface area (Å²) in [5, 5.41) is 6.47. The highest BCUT2D eigenvalue weighted by molar-refractivity contribution is 5.63. The zero-order chi connectivity index (χ0) is 25.5. The minimum absolute atomic E-state index is 0.0157. The summed E-state index contributed by atoms with van der Waals surface area (Å²) in [6.45, 7) is 6.57. The second kappa shape index (κ2) is 12.0. The van der Waals surface area contributed by atoms with Crippen LogP contribution in [0, 0.1) is 0 Å². The molecule has 2 N–H and O–H groups in total. The highest BCUT2D eigenvalue weighted by Gasteiger charge is 2.19. The number of hydrogen-bond acceptors (Lipinski definition) is 10. The lowest BCUT2D eigenvalue weighted by molar-refractivity contribution is 0.0979. The maximum Gasteiger partial charge on any atom is 0.257 e. The van der Waals surface area contributed by atoms with Gasteiger partial charge in [0, 0.05) is 30.6 Å². The van der Waals surface area contributed by atoms with Crippen LogP contribution in [0.25, 0.3) is 0 Å². The Kier molecular flexibility index (Phi) is 8.05. The van der Waals surface area contributed by atoms with Gasteiger partial charge < -0.3 is 34.5 Å². The zero-order valence-electron chi connectivity index (χ0n) is 21.4. The summed E-state index contributed by atoms with van der Waals surface area (Å²) in [5.74, 6) is 3.55. The molecule has 1 aromatic carbocycles. The third kappa shape index (κ3) is 6.71. The van der Waals surface area contributed by atoms with Gasteiger partial charge in [0.15, 0.2) is 17.2 Å². The van der Waals surface area contributed by atoms with Crippen molar-refractivity contribution in [2.45, 2.75) is 38.7 Å². The first-order valence-corrected chi connectivity index (χ1v) is 12.9. The van der Waals surface area contributed by atoms with Gasteiger partial charge in [-0.05, 0) is 57.5 Å². The minimum atomic E-state index is -0.0157. The molecule has 0 amide bonds. The number of aromatic nitrogens is 3. The number of likely N-dealkylation sites (tertiary alicyclic amines) is 1. The second-order valence-corrected chi connectivity index (χ2v) is 9.25. The van der Waals surface area contributed by atoms with E-state index in [-0.39, 0.29) is 6.10 Å². The number of piperidine rings is 1. The molecule has 2 aliphatic heterocycles. The lowest BCUT2D eigenvalue weighted by Crippen LogP contribution is -2.31. The third-order valence-corrected chi connectivity index (χ3v) is 6.28. The van der Waals surface area contributed by atoms with Gasteiger partial charge in [0.25, 0.3) is 5.88 Å². The summed E-state index contributed by atoms with van der Waals surface area (Å²) in [5.41, 5.74) is 1.54. The Labute approximate surface area is 217 Å². The molecule has 37 heavy (non-hydrogen) atoms. The molecule has 5 rings (SSSR count). The van der Waals surface area contributed by atoms with Gasteiger partial charge in [0.1, 0.15) is 18.5 Å². The van der Waals surface area contributed by atoms with Gasteiger partial charge >= 0.3 is 0 Å². The Balaban J connectivity index is 1.17. The fraction of sp³-hybridized carbons (Fsp3) is 0.444. The lowest BCUT2D eigenvalue weighted by atomic mass is 10.1. The van der Waals surface area contributed by atoms with Crippen molar-refractivity contribution in [1.29, 1.82) is 0 Å². The molecular weight excluding hydrogens is 472 g/mol. The molecule has 196 valence electrons. The van der Waals surface area contributed by atoms with Crippen LogP contribution in [0.4, 0.5) is 23.1 Å². The largest absolute Gasteiger partial charge is 0.493 e. The summed E-state index contributed by atoms with van der Waals surface area (Å²) < 4.78 is 23.0. The van der Waals surface area contributed by atoms with Gasteiger partial charge in [-0.15, -0.1) is 0 Å². The molecule has 1 atom stereocenters. The molecule has 0 bridgehead atoms. The number of pyridine rings is 1. The number of rotatable bonds is 10. The van der Waals surface area contributed by atoms with Crippen LogP contribution in [0.3, 0.4) is 0 Å². The molecule has 0 spiro atoms. The van der Waals surface area contributed by atoms with Gasteiger partial charge in [-0.1, -0.05) is 6.42 Å². The maximum absolute atomic E-state index is 6.01. The molecule has 4 heterocycles. The Morgan fingerprint density at radius 2 is 1.92 bits per heavy atom. The van der Waals surface area contributed by atoms with Gasteiger partial charge in [0.05, 0.1) is 25.6 Å². The van der Waals surface area contributed by atoms with Gasteiger partial charge in [-0.25, -0.2) is 9.97 Å². The summed E-state index contributed by atoms with van der Waals surface area (Å²) >= 11 is 0. The number of ether oxygens (including phenoxy) is 4. The summed E-state index contributed by atoms with van der Waals surface area (Å²) in [6, 6.07) is 9.35. The Morgan fingerprint density at radius 3 is 2.78 bits per heavy atom. The number of benzene rings is 1. The summed E-state index contributed by atoms with van der Waals surface area (Å²) in [4.78, 5) is 15.8. The summed E-state index contributed by atoms with van der Waals surface area (Å²) in [7, 11) is 1.64. The van der Waals surface area contributed by atoms with Crippen LogP contribution in [-0.2, 0) is 0 Å². The number of methoxy groups -OCH3 is 1.